The van der Waals surface area contributed by atoms with Crippen LogP contribution in [0.15, 0.2) is 0 Å². The highest BCUT2D eigenvalue weighted by Crippen LogP contribution is 2.18. The fraction of sp³-hybridized carbons (Fsp3) is 0.889. The van der Waals surface area contributed by atoms with E-state index >= 15 is 0 Å². The van der Waals surface area contributed by atoms with Crippen molar-refractivity contribution in [3.63, 3.8) is 0 Å². The number of rotatable bonds is 3. The molecule has 0 amide bonds. The van der Waals surface area contributed by atoms with Crippen LogP contribution in [0.2, 0.25) is 0 Å². The average molecular weight is 203 g/mol. The summed E-state index contributed by atoms with van der Waals surface area (Å²) in [5.74, 6) is 0. The van der Waals surface area contributed by atoms with Crippen molar-refractivity contribution in [2.75, 3.05) is 20.2 Å². The zero-order chi connectivity index (χ0) is 9.84. The smallest absolute Gasteiger partial charge is 0.133 e. The van der Waals surface area contributed by atoms with Crippen molar-refractivity contribution in [1.82, 2.24) is 4.90 Å². The number of nitriles is 1. The van der Waals surface area contributed by atoms with Crippen LogP contribution in [0.1, 0.15) is 13.3 Å². The molecule has 1 heterocycles. The van der Waals surface area contributed by atoms with E-state index in [4.69, 9.17) is 21.6 Å². The summed E-state index contributed by atoms with van der Waals surface area (Å²) in [6, 6.07) is 2.43. The first-order valence-corrected chi connectivity index (χ1v) is 4.94. The Morgan fingerprint density at radius 1 is 1.77 bits per heavy atom. The summed E-state index contributed by atoms with van der Waals surface area (Å²) < 4.78 is 5.43. The molecule has 0 aliphatic carbocycles. The third-order valence-electron chi connectivity index (χ3n) is 2.49. The molecule has 0 saturated carbocycles. The van der Waals surface area contributed by atoms with Crippen molar-refractivity contribution >= 4 is 11.6 Å². The standard InChI is InChI=1S/C9H15ClN2O/c1-7-9(3-4-13-7)12(2)6-8(10)5-11/h7-9H,3-4,6H2,1-2H3. The highest BCUT2D eigenvalue weighted by molar-refractivity contribution is 6.22. The van der Waals surface area contributed by atoms with E-state index in [1.165, 1.54) is 0 Å². The molecule has 3 unspecified atom stereocenters. The van der Waals surface area contributed by atoms with Crippen molar-refractivity contribution < 1.29 is 4.74 Å². The summed E-state index contributed by atoms with van der Waals surface area (Å²) in [4.78, 5) is 2.11. The Morgan fingerprint density at radius 3 is 2.92 bits per heavy atom. The Hall–Kier alpha value is -0.300. The molecular weight excluding hydrogens is 188 g/mol. The highest BCUT2D eigenvalue weighted by atomic mass is 35.5. The molecule has 1 aliphatic heterocycles. The lowest BCUT2D eigenvalue weighted by Crippen LogP contribution is -2.39. The molecule has 4 heteroatoms. The molecule has 1 aliphatic rings. The molecule has 0 radical (unpaired) electrons. The molecular formula is C9H15ClN2O. The summed E-state index contributed by atoms with van der Waals surface area (Å²) in [7, 11) is 1.99. The number of hydrogen-bond acceptors (Lipinski definition) is 3. The van der Waals surface area contributed by atoms with Crippen LogP contribution in [0.3, 0.4) is 0 Å². The van der Waals surface area contributed by atoms with Gasteiger partial charge in [0.15, 0.2) is 0 Å². The van der Waals surface area contributed by atoms with Crippen molar-refractivity contribution in [2.45, 2.75) is 30.9 Å². The lowest BCUT2D eigenvalue weighted by molar-refractivity contribution is 0.0847. The van der Waals surface area contributed by atoms with Crippen LogP contribution in [0, 0.1) is 11.3 Å². The second kappa shape index (κ2) is 4.80. The Kier molecular flexibility index (Phi) is 3.98. The summed E-state index contributed by atoms with van der Waals surface area (Å²) in [6.45, 7) is 3.48. The quantitative estimate of drug-likeness (QED) is 0.646. The number of alkyl halides is 1. The van der Waals surface area contributed by atoms with Gasteiger partial charge in [0, 0.05) is 19.2 Å². The molecule has 0 N–H and O–H groups in total. The number of ether oxygens (including phenoxy) is 1. The molecule has 3 atom stereocenters. The largest absolute Gasteiger partial charge is 0.377 e. The fourth-order valence-corrected chi connectivity index (χ4v) is 1.95. The molecule has 0 aromatic carbocycles. The predicted octanol–water partition coefficient (Wildman–Crippen LogP) is 1.23. The van der Waals surface area contributed by atoms with Gasteiger partial charge in [0.2, 0.25) is 0 Å². The molecule has 0 bridgehead atoms. The van der Waals surface area contributed by atoms with E-state index in [0.29, 0.717) is 12.6 Å². The molecule has 3 nitrogen and oxygen atoms in total. The van der Waals surface area contributed by atoms with Gasteiger partial charge in [0.1, 0.15) is 5.38 Å². The molecule has 0 aromatic heterocycles. The van der Waals surface area contributed by atoms with Crippen LogP contribution in [0.5, 0.6) is 0 Å². The maximum Gasteiger partial charge on any atom is 0.133 e. The first-order valence-electron chi connectivity index (χ1n) is 4.50. The molecule has 1 rings (SSSR count). The van der Waals surface area contributed by atoms with Gasteiger partial charge in [0.25, 0.3) is 0 Å². The van der Waals surface area contributed by atoms with E-state index in [0.717, 1.165) is 13.0 Å². The number of hydrogen-bond donors (Lipinski definition) is 0. The zero-order valence-corrected chi connectivity index (χ0v) is 8.79. The highest BCUT2D eigenvalue weighted by Gasteiger charge is 2.28. The van der Waals surface area contributed by atoms with E-state index in [9.17, 15) is 0 Å². The first-order chi connectivity index (χ1) is 6.15. The third-order valence-corrected chi connectivity index (χ3v) is 2.73. The van der Waals surface area contributed by atoms with Gasteiger partial charge in [-0.05, 0) is 20.4 Å². The second-order valence-electron chi connectivity index (χ2n) is 3.47. The van der Waals surface area contributed by atoms with Crippen LogP contribution in [0.25, 0.3) is 0 Å². The topological polar surface area (TPSA) is 36.3 Å². The van der Waals surface area contributed by atoms with E-state index in [1.807, 2.05) is 13.1 Å². The maximum absolute atomic E-state index is 8.55. The van der Waals surface area contributed by atoms with Crippen LogP contribution in [0.4, 0.5) is 0 Å². The molecule has 0 aromatic rings. The van der Waals surface area contributed by atoms with Crippen LogP contribution in [-0.2, 0) is 4.74 Å². The van der Waals surface area contributed by atoms with Gasteiger partial charge in [-0.15, -0.1) is 11.6 Å². The van der Waals surface area contributed by atoms with Gasteiger partial charge in [0.05, 0.1) is 12.2 Å². The predicted molar refractivity (Wildman–Crippen MR) is 51.7 cm³/mol. The summed E-state index contributed by atoms with van der Waals surface area (Å²) in [5, 5.41) is 8.13. The maximum atomic E-state index is 8.55. The van der Waals surface area contributed by atoms with E-state index in [2.05, 4.69) is 11.8 Å². The first kappa shape index (κ1) is 10.8. The van der Waals surface area contributed by atoms with Crippen LogP contribution in [-0.4, -0.2) is 42.6 Å². The Bertz CT molecular complexity index is 204. The van der Waals surface area contributed by atoms with Crippen molar-refractivity contribution in [3.8, 4) is 6.07 Å². The van der Waals surface area contributed by atoms with Gasteiger partial charge in [-0.2, -0.15) is 5.26 Å². The third kappa shape index (κ3) is 2.84. The monoisotopic (exact) mass is 202 g/mol. The number of nitrogens with zero attached hydrogens (tertiary/aromatic N) is 2. The minimum absolute atomic E-state index is 0.257. The van der Waals surface area contributed by atoms with E-state index < -0.39 is 5.38 Å². The van der Waals surface area contributed by atoms with Gasteiger partial charge in [-0.3, -0.25) is 4.90 Å². The van der Waals surface area contributed by atoms with E-state index in [-0.39, 0.29) is 6.10 Å². The number of halogens is 1. The van der Waals surface area contributed by atoms with Gasteiger partial charge < -0.3 is 4.74 Å². The lowest BCUT2D eigenvalue weighted by Gasteiger charge is -2.26. The SMILES string of the molecule is CC1OCCC1N(C)CC(Cl)C#N. The summed E-state index contributed by atoms with van der Waals surface area (Å²) in [5.41, 5.74) is 0. The fourth-order valence-electron chi connectivity index (χ4n) is 1.73. The van der Waals surface area contributed by atoms with E-state index in [1.54, 1.807) is 0 Å². The van der Waals surface area contributed by atoms with Crippen molar-refractivity contribution in [1.29, 1.82) is 5.26 Å². The molecule has 1 fully saturated rings. The normalized spacial score (nSPS) is 30.4. The average Bonchev–Trinajstić information content (AvgIpc) is 2.51. The Morgan fingerprint density at radius 2 is 2.46 bits per heavy atom. The lowest BCUT2D eigenvalue weighted by atomic mass is 10.1. The van der Waals surface area contributed by atoms with Crippen molar-refractivity contribution in [2.24, 2.45) is 0 Å². The summed E-state index contributed by atoms with van der Waals surface area (Å²) in [6.07, 6.45) is 1.29. The van der Waals surface area contributed by atoms with Gasteiger partial charge in [-0.1, -0.05) is 0 Å². The van der Waals surface area contributed by atoms with Crippen LogP contribution < -0.4 is 0 Å². The van der Waals surface area contributed by atoms with Gasteiger partial charge in [-0.25, -0.2) is 0 Å². The Balaban J connectivity index is 2.39. The van der Waals surface area contributed by atoms with Gasteiger partial charge >= 0.3 is 0 Å². The minimum atomic E-state index is -0.419. The zero-order valence-electron chi connectivity index (χ0n) is 8.03. The second-order valence-corrected chi connectivity index (χ2v) is 3.99. The van der Waals surface area contributed by atoms with Crippen molar-refractivity contribution in [3.05, 3.63) is 0 Å². The minimum Gasteiger partial charge on any atom is -0.377 e. The molecule has 74 valence electrons. The summed E-state index contributed by atoms with van der Waals surface area (Å²) >= 11 is 5.74. The molecule has 13 heavy (non-hydrogen) atoms. The van der Waals surface area contributed by atoms with Crippen LogP contribution >= 0.6 is 11.6 Å². The Labute approximate surface area is 84.2 Å². The molecule has 1 saturated heterocycles. The molecule has 0 spiro atoms. The number of likely N-dealkylation sites (N-methyl/N-ethyl adjacent to an activating group) is 1.